The number of amides is 1. The van der Waals surface area contributed by atoms with Crippen molar-refractivity contribution in [2.75, 3.05) is 25.5 Å². The van der Waals surface area contributed by atoms with Crippen LogP contribution in [0.2, 0.25) is 0 Å². The summed E-state index contributed by atoms with van der Waals surface area (Å²) >= 11 is 1.22. The van der Waals surface area contributed by atoms with Gasteiger partial charge in [0.05, 0.1) is 12.8 Å². The first kappa shape index (κ1) is 24.0. The number of nitrogens with one attached hydrogen (secondary N) is 2. The number of anilines is 1. The van der Waals surface area contributed by atoms with Crippen molar-refractivity contribution in [3.8, 4) is 5.75 Å². The Morgan fingerprint density at radius 1 is 1.13 bits per heavy atom. The van der Waals surface area contributed by atoms with Crippen molar-refractivity contribution in [2.24, 2.45) is 5.92 Å². The Morgan fingerprint density at radius 3 is 2.47 bits per heavy atom. The van der Waals surface area contributed by atoms with Gasteiger partial charge < -0.3 is 20.3 Å². The molecule has 8 heteroatoms. The van der Waals surface area contributed by atoms with E-state index in [9.17, 15) is 9.90 Å². The molecule has 0 heterocycles. The number of hydrogen-bond donors (Lipinski definition) is 4. The summed E-state index contributed by atoms with van der Waals surface area (Å²) < 4.78 is 7.83. The van der Waals surface area contributed by atoms with Crippen LogP contribution in [0.3, 0.4) is 0 Å². The Kier molecular flexibility index (Phi) is 10.5. The van der Waals surface area contributed by atoms with Crippen LogP contribution in [0.25, 0.3) is 0 Å². The molecule has 0 spiro atoms. The van der Waals surface area contributed by atoms with E-state index in [0.717, 1.165) is 12.1 Å². The number of aliphatic hydroxyl groups excluding tert-OH is 1. The summed E-state index contributed by atoms with van der Waals surface area (Å²) in [5.41, 5.74) is 7.51. The second kappa shape index (κ2) is 13.1. The Labute approximate surface area is 183 Å². The predicted octanol–water partition coefficient (Wildman–Crippen LogP) is 2.43. The zero-order valence-corrected chi connectivity index (χ0v) is 18.3. The van der Waals surface area contributed by atoms with Gasteiger partial charge in [-0.05, 0) is 42.2 Å². The molecule has 0 aromatic heterocycles. The Morgan fingerprint density at radius 2 is 1.83 bits per heavy atom. The number of carbonyl (C=O) groups excluding carboxylic acids is 1. The van der Waals surface area contributed by atoms with E-state index in [1.807, 2.05) is 46.8 Å². The molecule has 0 aliphatic rings. The first-order chi connectivity index (χ1) is 14.5. The lowest BCUT2D eigenvalue weighted by Gasteiger charge is -2.29. The molecule has 2 aromatic rings. The monoisotopic (exact) mass is 432 g/mol. The van der Waals surface area contributed by atoms with E-state index in [4.69, 9.17) is 9.92 Å². The van der Waals surface area contributed by atoms with Gasteiger partial charge in [0.2, 0.25) is 6.41 Å². The maximum atomic E-state index is 11.0. The number of rotatable bonds is 14. The van der Waals surface area contributed by atoms with Gasteiger partial charge in [0.25, 0.3) is 0 Å². The molecular weight excluding hydrogens is 400 g/mol. The minimum Gasteiger partial charge on any atom is -0.409 e. The number of hydrogen-bond acceptors (Lipinski definition) is 7. The highest BCUT2D eigenvalue weighted by Crippen LogP contribution is 2.22. The molecule has 0 aliphatic carbocycles. The molecule has 0 aliphatic heterocycles. The molecule has 164 valence electrons. The topological polar surface area (TPSA) is 99.8 Å². The lowest BCUT2D eigenvalue weighted by atomic mass is 10.0. The van der Waals surface area contributed by atoms with Gasteiger partial charge >= 0.3 is 0 Å². The van der Waals surface area contributed by atoms with Crippen molar-refractivity contribution >= 4 is 24.3 Å². The number of benzene rings is 2. The van der Waals surface area contributed by atoms with Gasteiger partial charge in [-0.15, -0.1) is 0 Å². The minimum atomic E-state index is -0.667. The highest BCUT2D eigenvalue weighted by atomic mass is 32.2. The number of nitrogen functional groups attached to an aromatic ring is 1. The molecule has 2 rings (SSSR count). The van der Waals surface area contributed by atoms with Gasteiger partial charge in [0, 0.05) is 24.8 Å². The third-order valence-electron chi connectivity index (χ3n) is 4.39. The zero-order valence-electron chi connectivity index (χ0n) is 17.5. The third-order valence-corrected chi connectivity index (χ3v) is 5.17. The molecule has 1 amide bonds. The average Bonchev–Trinajstić information content (AvgIpc) is 2.73. The van der Waals surface area contributed by atoms with E-state index >= 15 is 0 Å². The first-order valence-corrected chi connectivity index (χ1v) is 10.7. The van der Waals surface area contributed by atoms with Gasteiger partial charge in [-0.2, -0.15) is 0 Å². The van der Waals surface area contributed by atoms with Crippen molar-refractivity contribution in [1.29, 1.82) is 0 Å². The molecular formula is C22H32N4O3S. The van der Waals surface area contributed by atoms with Crippen molar-refractivity contribution in [3.63, 3.8) is 0 Å². The summed E-state index contributed by atoms with van der Waals surface area (Å²) in [5, 5.41) is 16.8. The van der Waals surface area contributed by atoms with Crippen molar-refractivity contribution < 1.29 is 14.1 Å². The fourth-order valence-electron chi connectivity index (χ4n) is 2.94. The molecule has 0 unspecified atom stereocenters. The highest BCUT2D eigenvalue weighted by Gasteiger charge is 2.23. The first-order valence-electron chi connectivity index (χ1n) is 10.1. The van der Waals surface area contributed by atoms with Crippen molar-refractivity contribution in [2.45, 2.75) is 32.4 Å². The van der Waals surface area contributed by atoms with E-state index < -0.39 is 6.10 Å². The zero-order chi connectivity index (χ0) is 21.8. The molecule has 0 radical (unpaired) electrons. The third kappa shape index (κ3) is 9.04. The van der Waals surface area contributed by atoms with Gasteiger partial charge in [-0.25, -0.2) is 4.31 Å². The van der Waals surface area contributed by atoms with Crippen LogP contribution < -0.4 is 20.6 Å². The second-order valence-electron chi connectivity index (χ2n) is 7.53. The van der Waals surface area contributed by atoms with Crippen LogP contribution in [0, 0.1) is 5.92 Å². The van der Waals surface area contributed by atoms with Crippen LogP contribution in [0.4, 0.5) is 5.69 Å². The number of nitrogens with two attached hydrogens (primary N) is 1. The molecule has 30 heavy (non-hydrogen) atoms. The molecule has 2 atom stereocenters. The quantitative estimate of drug-likeness (QED) is 0.0908. The summed E-state index contributed by atoms with van der Waals surface area (Å²) in [5.74, 6) is 1.10. The molecule has 2 aromatic carbocycles. The molecule has 5 N–H and O–H groups in total. The van der Waals surface area contributed by atoms with Crippen LogP contribution in [0.1, 0.15) is 19.4 Å². The van der Waals surface area contributed by atoms with E-state index in [1.54, 1.807) is 12.1 Å². The number of nitrogens with zero attached hydrogens (tertiary/aromatic N) is 1. The van der Waals surface area contributed by atoms with Gasteiger partial charge in [-0.3, -0.25) is 10.1 Å². The van der Waals surface area contributed by atoms with Crippen LogP contribution in [-0.4, -0.2) is 47.7 Å². The maximum absolute atomic E-state index is 11.0. The summed E-state index contributed by atoms with van der Waals surface area (Å²) in [6.07, 6.45) is 0.613. The summed E-state index contributed by atoms with van der Waals surface area (Å²) in [6.45, 7) is 5.69. The Balaban J connectivity index is 2.00. The van der Waals surface area contributed by atoms with E-state index in [2.05, 4.69) is 24.5 Å². The van der Waals surface area contributed by atoms with Crippen LogP contribution >= 0.6 is 12.2 Å². The van der Waals surface area contributed by atoms with Crippen molar-refractivity contribution in [3.05, 3.63) is 60.2 Å². The lowest BCUT2D eigenvalue weighted by molar-refractivity contribution is -0.109. The van der Waals surface area contributed by atoms with Gasteiger partial charge in [-0.1, -0.05) is 44.2 Å². The highest BCUT2D eigenvalue weighted by molar-refractivity contribution is 7.92. The molecule has 0 saturated carbocycles. The largest absolute Gasteiger partial charge is 0.409 e. The summed E-state index contributed by atoms with van der Waals surface area (Å²) in [4.78, 5) is 10.6. The molecule has 0 saturated heterocycles. The fourth-order valence-corrected chi connectivity index (χ4v) is 3.82. The SMILES string of the molecule is CC(C)CN(C[C@@H](O)[C@H](Cc1ccccc1)NCNC=O)SOc1ccc(N)cc1. The van der Waals surface area contributed by atoms with Crippen LogP contribution in [-0.2, 0) is 11.2 Å². The number of aliphatic hydroxyl groups is 1. The van der Waals surface area contributed by atoms with Crippen LogP contribution in [0.5, 0.6) is 5.75 Å². The second-order valence-corrected chi connectivity index (χ2v) is 8.37. The Hall–Kier alpha value is -2.26. The Bertz CT molecular complexity index is 731. The van der Waals surface area contributed by atoms with Gasteiger partial charge in [0.1, 0.15) is 18.0 Å². The summed E-state index contributed by atoms with van der Waals surface area (Å²) in [7, 11) is 0. The maximum Gasteiger partial charge on any atom is 0.208 e. The molecule has 7 nitrogen and oxygen atoms in total. The molecule has 0 fully saturated rings. The van der Waals surface area contributed by atoms with Crippen LogP contribution in [0.15, 0.2) is 54.6 Å². The standard InChI is InChI=1S/C22H32N4O3S/c1-17(2)13-26(30-29-20-10-8-19(23)9-11-20)14-22(28)21(25-15-24-16-27)12-18-6-4-3-5-7-18/h3-11,16-17,21-22,25,28H,12-15,23H2,1-2H3,(H,24,27)/t21-,22+/m0/s1. The fraction of sp³-hybridized carbons (Fsp3) is 0.409. The number of carbonyl (C=O) groups is 1. The lowest BCUT2D eigenvalue weighted by Crippen LogP contribution is -2.49. The summed E-state index contributed by atoms with van der Waals surface area (Å²) in [6, 6.07) is 17.0. The smallest absolute Gasteiger partial charge is 0.208 e. The average molecular weight is 433 g/mol. The normalized spacial score (nSPS) is 13.2. The van der Waals surface area contributed by atoms with E-state index in [0.29, 0.717) is 36.7 Å². The molecule has 0 bridgehead atoms. The van der Waals surface area contributed by atoms with Crippen molar-refractivity contribution in [1.82, 2.24) is 14.9 Å². The van der Waals surface area contributed by atoms with Gasteiger partial charge in [0.15, 0.2) is 0 Å². The predicted molar refractivity (Wildman–Crippen MR) is 123 cm³/mol. The van der Waals surface area contributed by atoms with E-state index in [-0.39, 0.29) is 12.7 Å². The minimum absolute atomic E-state index is 0.230. The van der Waals surface area contributed by atoms with E-state index in [1.165, 1.54) is 12.2 Å².